The summed E-state index contributed by atoms with van der Waals surface area (Å²) in [5.41, 5.74) is 2.05. The highest BCUT2D eigenvalue weighted by Crippen LogP contribution is 2.43. The van der Waals surface area contributed by atoms with Gasteiger partial charge in [0.05, 0.1) is 50.1 Å². The molecular formula is C46H42F6N12O4. The average Bonchev–Trinajstić information content (AvgIpc) is 4.27. The summed E-state index contributed by atoms with van der Waals surface area (Å²) in [5.74, 6) is 2.42. The molecule has 0 bridgehead atoms. The van der Waals surface area contributed by atoms with Crippen molar-refractivity contribution in [3.05, 3.63) is 151 Å². The van der Waals surface area contributed by atoms with Gasteiger partial charge in [-0.05, 0) is 87.1 Å². The molecule has 2 fully saturated rings. The molecule has 0 spiro atoms. The minimum absolute atomic E-state index is 0.179. The van der Waals surface area contributed by atoms with Crippen molar-refractivity contribution in [1.82, 2.24) is 59.4 Å². The van der Waals surface area contributed by atoms with Crippen LogP contribution in [0.4, 0.5) is 26.3 Å². The number of alkyl halides is 6. The van der Waals surface area contributed by atoms with Gasteiger partial charge >= 0.3 is 12.4 Å². The molecule has 0 radical (unpaired) electrons. The molecule has 16 nitrogen and oxygen atoms in total. The van der Waals surface area contributed by atoms with Crippen molar-refractivity contribution in [2.45, 2.75) is 88.6 Å². The Bertz CT molecular complexity index is 3000. The van der Waals surface area contributed by atoms with Crippen LogP contribution in [0.1, 0.15) is 120 Å². The largest absolute Gasteiger partial charge is 0.495 e. The molecular weight excluding hydrogens is 899 g/mol. The van der Waals surface area contributed by atoms with E-state index in [-0.39, 0.29) is 35.8 Å². The van der Waals surface area contributed by atoms with E-state index >= 15 is 0 Å². The maximum atomic E-state index is 13.0. The van der Waals surface area contributed by atoms with Crippen molar-refractivity contribution in [3.8, 4) is 11.5 Å². The molecule has 0 unspecified atom stereocenters. The van der Waals surface area contributed by atoms with Gasteiger partial charge in [0.1, 0.15) is 45.3 Å². The number of nitrogens with one attached hydrogen (secondary N) is 2. The zero-order valence-electron chi connectivity index (χ0n) is 36.9. The van der Waals surface area contributed by atoms with E-state index in [2.05, 4.69) is 50.1 Å². The fraction of sp³-hybridized carbons (Fsp3) is 0.348. The molecule has 8 heterocycles. The Morgan fingerprint density at radius 2 is 0.985 bits per heavy atom. The Balaban J connectivity index is 0.000000170. The number of hydrogen-bond donors (Lipinski definition) is 2. The maximum absolute atomic E-state index is 13.0. The van der Waals surface area contributed by atoms with Gasteiger partial charge in [-0.15, -0.1) is 0 Å². The number of pyridine rings is 4. The van der Waals surface area contributed by atoms with E-state index < -0.39 is 35.8 Å². The second kappa shape index (κ2) is 17.9. The lowest BCUT2D eigenvalue weighted by Crippen LogP contribution is -2.16. The van der Waals surface area contributed by atoms with E-state index in [0.29, 0.717) is 79.1 Å². The summed E-state index contributed by atoms with van der Waals surface area (Å²) in [7, 11) is 3.10. The molecule has 68 heavy (non-hydrogen) atoms. The van der Waals surface area contributed by atoms with Gasteiger partial charge < -0.3 is 19.4 Å². The third kappa shape index (κ3) is 9.52. The zero-order chi connectivity index (χ0) is 48.1. The van der Waals surface area contributed by atoms with Crippen molar-refractivity contribution < 1.29 is 35.8 Å². The van der Waals surface area contributed by atoms with Gasteiger partial charge in [-0.3, -0.25) is 29.5 Å². The second-order valence-electron chi connectivity index (χ2n) is 16.7. The number of aromatic amines is 2. The SMILES string of the molecule is COc1ccc(Cc2nc3c(c(C4CC4)nn3[C@@H](C)c3ccc(C(F)(F)F)nc3)c(=O)[nH]2)nc1.COc1ccc(Cc2nc3c(c(C4CC4)nn3[C@H](C)c3ccc(C(F)(F)F)nc3)c(=O)[nH]2)nc1. The Hall–Kier alpha value is -7.52. The highest BCUT2D eigenvalue weighted by Gasteiger charge is 2.36. The minimum atomic E-state index is -4.52. The van der Waals surface area contributed by atoms with Crippen LogP contribution in [0.2, 0.25) is 0 Å². The van der Waals surface area contributed by atoms with Crippen LogP contribution in [-0.4, -0.2) is 73.7 Å². The molecule has 2 atom stereocenters. The smallest absolute Gasteiger partial charge is 0.433 e. The summed E-state index contributed by atoms with van der Waals surface area (Å²) < 4.78 is 91.0. The second-order valence-corrected chi connectivity index (χ2v) is 16.7. The number of H-pyrrole nitrogens is 2. The summed E-state index contributed by atoms with van der Waals surface area (Å²) >= 11 is 0. The molecule has 2 saturated carbocycles. The normalized spacial score (nSPS) is 15.0. The van der Waals surface area contributed by atoms with Crippen LogP contribution in [0.15, 0.2) is 82.9 Å². The van der Waals surface area contributed by atoms with Crippen LogP contribution in [0.5, 0.6) is 11.5 Å². The molecule has 8 aromatic rings. The zero-order valence-corrected chi connectivity index (χ0v) is 36.9. The summed E-state index contributed by atoms with van der Waals surface area (Å²) in [6.07, 6.45) is 0.807. The standard InChI is InChI=1S/2C23H21F3N6O2/c2*1-12(14-5-8-17(28-10-14)23(24,25)26)32-21-19(20(31-32)13-3-4-13)22(33)30-18(29-21)9-15-6-7-16(34-2)11-27-15/h2*5-8,10-13H,3-4,9H2,1-2H3,(H,29,30,33)/t2*12-/m10/s1. The number of methoxy groups -OCH3 is 2. The Morgan fingerprint density at radius 3 is 1.28 bits per heavy atom. The number of fused-ring (bicyclic) bond motifs is 2. The van der Waals surface area contributed by atoms with Crippen molar-refractivity contribution in [2.24, 2.45) is 0 Å². The molecule has 0 saturated heterocycles. The number of ether oxygens (including phenoxy) is 2. The highest BCUT2D eigenvalue weighted by atomic mass is 19.4. The molecule has 2 aliphatic carbocycles. The van der Waals surface area contributed by atoms with E-state index in [1.165, 1.54) is 24.5 Å². The quantitative estimate of drug-likeness (QED) is 0.112. The van der Waals surface area contributed by atoms with E-state index in [1.54, 1.807) is 74.1 Å². The van der Waals surface area contributed by atoms with Gasteiger partial charge in [0.15, 0.2) is 11.3 Å². The fourth-order valence-corrected chi connectivity index (χ4v) is 7.76. The first-order chi connectivity index (χ1) is 32.5. The van der Waals surface area contributed by atoms with Crippen molar-refractivity contribution >= 4 is 22.1 Å². The molecule has 0 amide bonds. The van der Waals surface area contributed by atoms with Crippen molar-refractivity contribution in [1.29, 1.82) is 0 Å². The van der Waals surface area contributed by atoms with Crippen LogP contribution in [-0.2, 0) is 25.2 Å². The minimum Gasteiger partial charge on any atom is -0.495 e. The Kier molecular flexibility index (Phi) is 12.0. The lowest BCUT2D eigenvalue weighted by molar-refractivity contribution is -0.142. The van der Waals surface area contributed by atoms with Crippen LogP contribution in [0, 0.1) is 0 Å². The third-order valence-electron chi connectivity index (χ3n) is 11.8. The number of hydrogen-bond acceptors (Lipinski definition) is 12. The van der Waals surface area contributed by atoms with E-state index in [4.69, 9.17) is 9.47 Å². The van der Waals surface area contributed by atoms with Gasteiger partial charge in [-0.2, -0.15) is 36.5 Å². The fourth-order valence-electron chi connectivity index (χ4n) is 7.76. The molecule has 0 aliphatic heterocycles. The van der Waals surface area contributed by atoms with Crippen LogP contribution < -0.4 is 20.6 Å². The first-order valence-electron chi connectivity index (χ1n) is 21.6. The van der Waals surface area contributed by atoms with Gasteiger partial charge in [0.25, 0.3) is 11.1 Å². The van der Waals surface area contributed by atoms with E-state index in [0.717, 1.165) is 37.8 Å². The van der Waals surface area contributed by atoms with Crippen LogP contribution >= 0.6 is 0 Å². The molecule has 22 heteroatoms. The average molecular weight is 941 g/mol. The molecule has 2 aliphatic rings. The summed E-state index contributed by atoms with van der Waals surface area (Å²) in [5, 5.41) is 10.2. The number of nitrogens with zero attached hydrogens (tertiary/aromatic N) is 10. The van der Waals surface area contributed by atoms with Crippen LogP contribution in [0.25, 0.3) is 22.1 Å². The molecule has 0 aromatic carbocycles. The Morgan fingerprint density at radius 1 is 0.588 bits per heavy atom. The van der Waals surface area contributed by atoms with Crippen molar-refractivity contribution in [2.75, 3.05) is 14.2 Å². The van der Waals surface area contributed by atoms with Gasteiger partial charge in [0.2, 0.25) is 0 Å². The molecule has 8 aromatic heterocycles. The van der Waals surface area contributed by atoms with Gasteiger partial charge in [0, 0.05) is 48.5 Å². The topological polar surface area (TPSA) is 197 Å². The van der Waals surface area contributed by atoms with Gasteiger partial charge in [-0.1, -0.05) is 12.1 Å². The molecule has 352 valence electrons. The van der Waals surface area contributed by atoms with Crippen molar-refractivity contribution in [3.63, 3.8) is 0 Å². The van der Waals surface area contributed by atoms with E-state index in [9.17, 15) is 35.9 Å². The van der Waals surface area contributed by atoms with E-state index in [1.807, 2.05) is 0 Å². The summed E-state index contributed by atoms with van der Waals surface area (Å²) in [4.78, 5) is 56.9. The molecule has 2 N–H and O–H groups in total. The van der Waals surface area contributed by atoms with Crippen LogP contribution in [0.3, 0.4) is 0 Å². The molecule has 10 rings (SSSR count). The first kappa shape index (κ1) is 45.6. The lowest BCUT2D eigenvalue weighted by Gasteiger charge is -2.14. The monoisotopic (exact) mass is 940 g/mol. The number of rotatable bonds is 12. The Labute approximate surface area is 381 Å². The number of halogens is 6. The first-order valence-corrected chi connectivity index (χ1v) is 21.6. The predicted molar refractivity (Wildman–Crippen MR) is 234 cm³/mol. The third-order valence-corrected chi connectivity index (χ3v) is 11.8. The summed E-state index contributed by atoms with van der Waals surface area (Å²) in [6, 6.07) is 10.8. The predicted octanol–water partition coefficient (Wildman–Crippen LogP) is 8.03. The number of aromatic nitrogens is 12. The lowest BCUT2D eigenvalue weighted by atomic mass is 10.1. The highest BCUT2D eigenvalue weighted by molar-refractivity contribution is 5.79. The summed E-state index contributed by atoms with van der Waals surface area (Å²) in [6.45, 7) is 3.59. The van der Waals surface area contributed by atoms with Gasteiger partial charge in [-0.25, -0.2) is 19.3 Å². The maximum Gasteiger partial charge on any atom is 0.433 e.